The van der Waals surface area contributed by atoms with Gasteiger partial charge in [0.25, 0.3) is 0 Å². The quantitative estimate of drug-likeness (QED) is 0.444. The lowest BCUT2D eigenvalue weighted by Gasteiger charge is -2.15. The number of rotatable bonds is 7. The maximum absolute atomic E-state index is 5.80. The molecular weight excluding hydrogens is 396 g/mol. The summed E-state index contributed by atoms with van der Waals surface area (Å²) in [6.07, 6.45) is 4.98. The first-order chi connectivity index (χ1) is 15.3. The molecule has 3 aromatic rings. The van der Waals surface area contributed by atoms with Crippen molar-refractivity contribution in [2.45, 2.75) is 19.4 Å². The van der Waals surface area contributed by atoms with Gasteiger partial charge < -0.3 is 29.3 Å². The molecule has 0 spiro atoms. The van der Waals surface area contributed by atoms with Crippen LogP contribution in [0.1, 0.15) is 17.7 Å². The number of ether oxygens (including phenoxy) is 3. The molecule has 1 aromatic carbocycles. The van der Waals surface area contributed by atoms with E-state index in [9.17, 15) is 0 Å². The van der Waals surface area contributed by atoms with Gasteiger partial charge >= 0.3 is 0 Å². The highest BCUT2D eigenvalue weighted by Gasteiger charge is 2.12. The number of benzene rings is 1. The minimum Gasteiger partial charge on any atom is -0.490 e. The van der Waals surface area contributed by atoms with Gasteiger partial charge in [0.1, 0.15) is 5.76 Å². The largest absolute Gasteiger partial charge is 0.490 e. The topological polar surface area (TPSA) is 90.1 Å². The molecular formula is C23H26N4O4. The second-order valence-electron chi connectivity index (χ2n) is 6.93. The molecule has 0 unspecified atom stereocenters. The van der Waals surface area contributed by atoms with Crippen LogP contribution in [-0.4, -0.2) is 37.8 Å². The van der Waals surface area contributed by atoms with E-state index in [2.05, 4.69) is 15.6 Å². The molecule has 1 aliphatic rings. The first kappa shape index (κ1) is 20.6. The highest BCUT2D eigenvalue weighted by atomic mass is 16.5. The van der Waals surface area contributed by atoms with E-state index in [0.717, 1.165) is 41.4 Å². The van der Waals surface area contributed by atoms with Crippen LogP contribution in [0.15, 0.2) is 64.3 Å². The summed E-state index contributed by atoms with van der Waals surface area (Å²) >= 11 is 0. The Morgan fingerprint density at radius 1 is 1.13 bits per heavy atom. The minimum atomic E-state index is 0.414. The third-order valence-corrected chi connectivity index (χ3v) is 4.71. The van der Waals surface area contributed by atoms with Crippen molar-refractivity contribution in [1.82, 2.24) is 10.3 Å². The zero-order valence-electron chi connectivity index (χ0n) is 17.5. The van der Waals surface area contributed by atoms with Crippen molar-refractivity contribution in [1.29, 1.82) is 0 Å². The van der Waals surface area contributed by atoms with Gasteiger partial charge in [0.15, 0.2) is 17.5 Å². The molecule has 0 radical (unpaired) electrons. The van der Waals surface area contributed by atoms with E-state index < -0.39 is 0 Å². The lowest BCUT2D eigenvalue weighted by atomic mass is 10.2. The van der Waals surface area contributed by atoms with Gasteiger partial charge in [0, 0.05) is 42.9 Å². The number of aliphatic imine (C=N–C) groups is 1. The lowest BCUT2D eigenvalue weighted by molar-refractivity contribution is 0.297. The molecule has 0 fully saturated rings. The summed E-state index contributed by atoms with van der Waals surface area (Å²) in [5.41, 5.74) is 1.75. The van der Waals surface area contributed by atoms with Crippen LogP contribution in [0.5, 0.6) is 17.4 Å². The zero-order valence-corrected chi connectivity index (χ0v) is 17.5. The Balaban J connectivity index is 1.49. The monoisotopic (exact) mass is 422 g/mol. The summed E-state index contributed by atoms with van der Waals surface area (Å²) in [5, 5.41) is 6.70. The third-order valence-electron chi connectivity index (χ3n) is 4.71. The molecule has 3 heterocycles. The van der Waals surface area contributed by atoms with Crippen LogP contribution in [0, 0.1) is 0 Å². The minimum absolute atomic E-state index is 0.414. The lowest BCUT2D eigenvalue weighted by Crippen LogP contribution is -2.32. The Morgan fingerprint density at radius 2 is 2.03 bits per heavy atom. The molecule has 4 rings (SSSR count). The second kappa shape index (κ2) is 10.4. The van der Waals surface area contributed by atoms with E-state index in [1.807, 2.05) is 42.5 Å². The van der Waals surface area contributed by atoms with Gasteiger partial charge in [-0.25, -0.2) is 9.98 Å². The number of furan rings is 1. The number of fused-ring (bicyclic) bond motifs is 1. The molecule has 1 aliphatic heterocycles. The van der Waals surface area contributed by atoms with Crippen molar-refractivity contribution < 1.29 is 18.6 Å². The molecule has 2 N–H and O–H groups in total. The van der Waals surface area contributed by atoms with Crippen LogP contribution in [0.2, 0.25) is 0 Å². The Morgan fingerprint density at radius 3 is 2.87 bits per heavy atom. The average molecular weight is 422 g/mol. The fourth-order valence-corrected chi connectivity index (χ4v) is 3.17. The van der Waals surface area contributed by atoms with E-state index in [4.69, 9.17) is 23.6 Å². The van der Waals surface area contributed by atoms with Crippen molar-refractivity contribution in [3.05, 3.63) is 66.2 Å². The number of nitrogens with one attached hydrogen (secondary N) is 2. The van der Waals surface area contributed by atoms with E-state index >= 15 is 0 Å². The Kier molecular flexibility index (Phi) is 6.89. The van der Waals surface area contributed by atoms with Crippen LogP contribution in [0.25, 0.3) is 0 Å². The molecule has 31 heavy (non-hydrogen) atoms. The van der Waals surface area contributed by atoms with Crippen LogP contribution in [0.4, 0.5) is 5.69 Å². The molecule has 0 saturated carbocycles. The van der Waals surface area contributed by atoms with Gasteiger partial charge in [-0.2, -0.15) is 0 Å². The van der Waals surface area contributed by atoms with Gasteiger partial charge in [-0.1, -0.05) is 6.07 Å². The summed E-state index contributed by atoms with van der Waals surface area (Å²) in [6.45, 7) is 2.37. The van der Waals surface area contributed by atoms with E-state index in [1.165, 1.54) is 0 Å². The molecule has 8 heteroatoms. The number of nitrogens with zero attached hydrogens (tertiary/aromatic N) is 2. The van der Waals surface area contributed by atoms with Gasteiger partial charge in [0.2, 0.25) is 5.88 Å². The smallest absolute Gasteiger partial charge is 0.218 e. The van der Waals surface area contributed by atoms with Gasteiger partial charge in [-0.15, -0.1) is 0 Å². The highest BCUT2D eigenvalue weighted by molar-refractivity contribution is 5.94. The molecule has 0 atom stereocenters. The number of pyridine rings is 1. The summed E-state index contributed by atoms with van der Waals surface area (Å²) in [5.74, 6) is 3.60. The molecule has 2 aromatic heterocycles. The predicted molar refractivity (Wildman–Crippen MR) is 118 cm³/mol. The average Bonchev–Trinajstić information content (AvgIpc) is 3.21. The summed E-state index contributed by atoms with van der Waals surface area (Å²) in [7, 11) is 1.61. The van der Waals surface area contributed by atoms with Crippen molar-refractivity contribution in [2.24, 2.45) is 4.99 Å². The third kappa shape index (κ3) is 5.69. The predicted octanol–water partition coefficient (Wildman–Crippen LogP) is 3.64. The maximum atomic E-state index is 5.80. The van der Waals surface area contributed by atoms with Crippen molar-refractivity contribution >= 4 is 11.6 Å². The molecule has 0 amide bonds. The van der Waals surface area contributed by atoms with E-state index in [-0.39, 0.29) is 0 Å². The van der Waals surface area contributed by atoms with E-state index in [1.54, 1.807) is 19.6 Å². The fraction of sp³-hybridized carbons (Fsp3) is 0.304. The Bertz CT molecular complexity index is 1000. The molecule has 0 aliphatic carbocycles. The molecule has 8 nitrogen and oxygen atoms in total. The number of guanidine groups is 1. The van der Waals surface area contributed by atoms with E-state index in [0.29, 0.717) is 38.1 Å². The van der Waals surface area contributed by atoms with Gasteiger partial charge in [0.05, 0.1) is 33.1 Å². The number of hydrogen-bond acceptors (Lipinski definition) is 6. The first-order valence-corrected chi connectivity index (χ1v) is 10.3. The van der Waals surface area contributed by atoms with Gasteiger partial charge in [-0.05, 0) is 30.3 Å². The van der Waals surface area contributed by atoms with Crippen LogP contribution in [0.3, 0.4) is 0 Å². The first-order valence-electron chi connectivity index (χ1n) is 10.3. The molecule has 162 valence electrons. The zero-order chi connectivity index (χ0) is 21.3. The normalized spacial score (nSPS) is 13.4. The number of aromatic nitrogens is 1. The summed E-state index contributed by atoms with van der Waals surface area (Å²) in [4.78, 5) is 8.96. The Labute approximate surface area is 181 Å². The molecule has 0 saturated heterocycles. The van der Waals surface area contributed by atoms with Gasteiger partial charge in [-0.3, -0.25) is 0 Å². The van der Waals surface area contributed by atoms with Crippen LogP contribution >= 0.6 is 0 Å². The van der Waals surface area contributed by atoms with Crippen LogP contribution < -0.4 is 24.8 Å². The highest BCUT2D eigenvalue weighted by Crippen LogP contribution is 2.32. The standard InChI is InChI=1S/C23H26N4O4/c1-28-22-17(5-2-10-24-22)16-26-23(25-11-9-19-6-3-12-29-19)27-18-7-8-20-21(15-18)31-14-4-13-30-20/h2-3,5-8,10,12,15H,4,9,11,13-14,16H2,1H3,(H2,25,26,27). The van der Waals surface area contributed by atoms with Crippen molar-refractivity contribution in [2.75, 3.05) is 32.2 Å². The molecule has 0 bridgehead atoms. The van der Waals surface area contributed by atoms with Crippen LogP contribution in [-0.2, 0) is 13.0 Å². The number of methoxy groups -OCH3 is 1. The fourth-order valence-electron chi connectivity index (χ4n) is 3.17. The Hall–Kier alpha value is -3.68. The second-order valence-corrected chi connectivity index (χ2v) is 6.93. The summed E-state index contributed by atoms with van der Waals surface area (Å²) in [6, 6.07) is 13.4. The van der Waals surface area contributed by atoms with Crippen molar-refractivity contribution in [3.63, 3.8) is 0 Å². The SMILES string of the molecule is COc1ncccc1CN=C(NCCc1ccco1)Nc1ccc2c(c1)OCCCO2. The van der Waals surface area contributed by atoms with Crippen molar-refractivity contribution in [3.8, 4) is 17.4 Å². The summed E-state index contributed by atoms with van der Waals surface area (Å²) < 4.78 is 22.3. The maximum Gasteiger partial charge on any atom is 0.218 e. The number of hydrogen-bond donors (Lipinski definition) is 2. The number of anilines is 1.